The van der Waals surface area contributed by atoms with Gasteiger partial charge in [0.15, 0.2) is 0 Å². The third-order valence-electron chi connectivity index (χ3n) is 2.27. The van der Waals surface area contributed by atoms with Crippen LogP contribution in [0, 0.1) is 0 Å². The number of rotatable bonds is 1. The summed E-state index contributed by atoms with van der Waals surface area (Å²) >= 11 is 7.97. The second kappa shape index (κ2) is 4.55. The Morgan fingerprint density at radius 3 is 2.39 bits per heavy atom. The van der Waals surface area contributed by atoms with Crippen molar-refractivity contribution < 1.29 is 0 Å². The minimum absolute atomic E-state index is 0.0859. The average molecular weight is 341 g/mol. The molecule has 0 unspecified atom stereocenters. The predicted molar refractivity (Wildman–Crippen MR) is 74.4 cm³/mol. The summed E-state index contributed by atoms with van der Waals surface area (Å²) < 4.78 is 2.58. The number of nitrogens with zero attached hydrogens (tertiary/aromatic N) is 4. The van der Waals surface area contributed by atoms with Crippen LogP contribution in [0.1, 0.15) is 0 Å². The summed E-state index contributed by atoms with van der Waals surface area (Å²) in [7, 11) is 0. The Labute approximate surface area is 119 Å². The van der Waals surface area contributed by atoms with Gasteiger partial charge in [0.1, 0.15) is 0 Å². The molecule has 0 saturated carbocycles. The van der Waals surface area contributed by atoms with Gasteiger partial charge >= 0.3 is 119 Å². The Kier molecular flexibility index (Phi) is 3.03. The maximum absolute atomic E-state index is 12.2. The first kappa shape index (κ1) is 12.0. The van der Waals surface area contributed by atoms with Crippen LogP contribution in [0.5, 0.6) is 0 Å². The summed E-state index contributed by atoms with van der Waals surface area (Å²) in [6.07, 6.45) is 0. The fraction of sp³-hybridized carbons (Fsp3) is 0. The van der Waals surface area contributed by atoms with E-state index in [-0.39, 0.29) is 30.6 Å². The molecule has 0 amide bonds. The summed E-state index contributed by atoms with van der Waals surface area (Å²) in [5.41, 5.74) is -0.0859. The molecule has 0 bridgehead atoms. The van der Waals surface area contributed by atoms with Gasteiger partial charge in [-0.05, 0) is 0 Å². The molecule has 0 saturated heterocycles. The van der Waals surface area contributed by atoms with Gasteiger partial charge in [-0.15, -0.1) is 0 Å². The molecule has 0 aliphatic heterocycles. The second-order valence-electron chi connectivity index (χ2n) is 3.42. The Bertz CT molecular complexity index is 778. The van der Waals surface area contributed by atoms with Gasteiger partial charge in [-0.3, -0.25) is 0 Å². The monoisotopic (exact) mass is 342 g/mol. The molecule has 0 spiro atoms. The number of thiol groups is 2. The standard InChI is InChI=1S/C10H6N4OS2Se/c15-7-5-3-1-2-4-6(5)18-14(7)8-11-9(16)13-10(17)12-8/h1-4H,(H2,11,12,13,16,17). The van der Waals surface area contributed by atoms with Crippen molar-refractivity contribution in [1.82, 2.24) is 18.5 Å². The molecule has 3 aromatic rings. The van der Waals surface area contributed by atoms with E-state index in [1.54, 1.807) is 3.56 Å². The average Bonchev–Trinajstić information content (AvgIpc) is 2.66. The molecule has 18 heavy (non-hydrogen) atoms. The molecule has 2 heterocycles. The molecule has 0 radical (unpaired) electrons. The van der Waals surface area contributed by atoms with Crippen LogP contribution in [0.25, 0.3) is 15.6 Å². The molecule has 1 aromatic carbocycles. The Hall–Kier alpha value is -1.08. The van der Waals surface area contributed by atoms with Crippen molar-refractivity contribution in [3.8, 4) is 5.95 Å². The first-order chi connectivity index (χ1) is 8.65. The van der Waals surface area contributed by atoms with Gasteiger partial charge in [0.25, 0.3) is 0 Å². The molecule has 0 aliphatic carbocycles. The van der Waals surface area contributed by atoms with Crippen LogP contribution in [-0.2, 0) is 0 Å². The van der Waals surface area contributed by atoms with E-state index in [2.05, 4.69) is 40.2 Å². The van der Waals surface area contributed by atoms with Gasteiger partial charge in [0.2, 0.25) is 0 Å². The summed E-state index contributed by atoms with van der Waals surface area (Å²) in [6.45, 7) is 0. The van der Waals surface area contributed by atoms with E-state index in [4.69, 9.17) is 0 Å². The molecular formula is C10H6N4OS2Se. The molecule has 0 atom stereocenters. The number of fused-ring (bicyclic) bond motifs is 1. The Morgan fingerprint density at radius 2 is 1.72 bits per heavy atom. The van der Waals surface area contributed by atoms with E-state index < -0.39 is 0 Å². The van der Waals surface area contributed by atoms with Crippen LogP contribution in [0.3, 0.4) is 0 Å². The minimum atomic E-state index is -0.157. The molecule has 0 N–H and O–H groups in total. The van der Waals surface area contributed by atoms with Crippen molar-refractivity contribution in [2.24, 2.45) is 0 Å². The van der Waals surface area contributed by atoms with Gasteiger partial charge in [-0.25, -0.2) is 0 Å². The van der Waals surface area contributed by atoms with E-state index in [0.29, 0.717) is 11.3 Å². The number of aromatic nitrogens is 4. The normalized spacial score (nSPS) is 11.0. The van der Waals surface area contributed by atoms with E-state index in [0.717, 1.165) is 4.26 Å². The van der Waals surface area contributed by atoms with Gasteiger partial charge < -0.3 is 0 Å². The quantitative estimate of drug-likeness (QED) is 0.508. The topological polar surface area (TPSA) is 60.7 Å². The predicted octanol–water partition coefficient (Wildman–Crippen LogP) is 0.810. The molecule has 5 nitrogen and oxygen atoms in total. The van der Waals surface area contributed by atoms with Crippen molar-refractivity contribution in [2.45, 2.75) is 10.3 Å². The van der Waals surface area contributed by atoms with E-state index >= 15 is 0 Å². The zero-order valence-electron chi connectivity index (χ0n) is 8.81. The van der Waals surface area contributed by atoms with Crippen molar-refractivity contribution in [3.63, 3.8) is 0 Å². The fourth-order valence-electron chi connectivity index (χ4n) is 1.54. The van der Waals surface area contributed by atoms with E-state index in [1.165, 1.54) is 0 Å². The molecular weight excluding hydrogens is 335 g/mol. The zero-order chi connectivity index (χ0) is 12.7. The van der Waals surface area contributed by atoms with E-state index in [1.807, 2.05) is 24.3 Å². The van der Waals surface area contributed by atoms with Crippen molar-refractivity contribution in [1.29, 1.82) is 0 Å². The summed E-state index contributed by atoms with van der Waals surface area (Å²) in [5, 5.41) is 1.22. The van der Waals surface area contributed by atoms with Crippen LogP contribution in [0.2, 0.25) is 0 Å². The van der Waals surface area contributed by atoms with Crippen LogP contribution in [0.15, 0.2) is 39.4 Å². The Morgan fingerprint density at radius 1 is 1.06 bits per heavy atom. The summed E-state index contributed by atoms with van der Waals surface area (Å²) in [5.74, 6) is 0.307. The molecule has 3 rings (SSSR count). The second-order valence-corrected chi connectivity index (χ2v) is 6.29. The molecule has 90 valence electrons. The van der Waals surface area contributed by atoms with Crippen molar-refractivity contribution in [3.05, 3.63) is 34.6 Å². The third kappa shape index (κ3) is 2.01. The SMILES string of the molecule is O=c1c2ccccc2[se]n1-c1nc(S)nc(S)n1. The molecule has 0 aliphatic rings. The maximum atomic E-state index is 12.2. The van der Waals surface area contributed by atoms with Crippen LogP contribution in [0.4, 0.5) is 0 Å². The number of hydrogen-bond acceptors (Lipinski definition) is 6. The van der Waals surface area contributed by atoms with Crippen LogP contribution in [-0.4, -0.2) is 33.2 Å². The van der Waals surface area contributed by atoms with Gasteiger partial charge in [0.05, 0.1) is 0 Å². The Balaban J connectivity index is 2.31. The van der Waals surface area contributed by atoms with Crippen molar-refractivity contribution in [2.75, 3.05) is 0 Å². The zero-order valence-corrected chi connectivity index (χ0v) is 12.3. The number of benzene rings is 1. The van der Waals surface area contributed by atoms with Gasteiger partial charge in [-0.1, -0.05) is 0 Å². The van der Waals surface area contributed by atoms with Crippen molar-refractivity contribution >= 4 is 49.6 Å². The summed E-state index contributed by atoms with van der Waals surface area (Å²) in [4.78, 5) is 24.2. The van der Waals surface area contributed by atoms with Gasteiger partial charge in [-0.2, -0.15) is 0 Å². The first-order valence-electron chi connectivity index (χ1n) is 4.90. The summed E-state index contributed by atoms with van der Waals surface area (Å²) in [6, 6.07) is 7.51. The third-order valence-corrected chi connectivity index (χ3v) is 4.91. The number of hydrogen-bond donors (Lipinski definition) is 2. The van der Waals surface area contributed by atoms with Crippen LogP contribution >= 0.6 is 25.3 Å². The fourth-order valence-corrected chi connectivity index (χ4v) is 3.95. The van der Waals surface area contributed by atoms with Gasteiger partial charge in [0, 0.05) is 0 Å². The first-order valence-corrected chi connectivity index (χ1v) is 7.42. The molecule has 8 heteroatoms. The molecule has 0 fully saturated rings. The molecule has 2 aromatic heterocycles. The van der Waals surface area contributed by atoms with Crippen LogP contribution < -0.4 is 5.56 Å². The van der Waals surface area contributed by atoms with E-state index in [9.17, 15) is 4.79 Å².